The van der Waals surface area contributed by atoms with Crippen molar-refractivity contribution < 1.29 is 14.0 Å². The van der Waals surface area contributed by atoms with E-state index in [9.17, 15) is 14.4 Å². The Morgan fingerprint density at radius 3 is 2.60 bits per heavy atom. The molecule has 0 spiro atoms. The second kappa shape index (κ2) is 11.2. The van der Waals surface area contributed by atoms with Gasteiger partial charge in [0.15, 0.2) is 6.39 Å². The number of halogens is 1. The Balaban J connectivity index is 1.63. The molecule has 4 aromatic heterocycles. The van der Waals surface area contributed by atoms with Crippen LogP contribution in [0.1, 0.15) is 31.4 Å². The average molecular weight is 578 g/mol. The number of hydrogen-bond acceptors (Lipinski definition) is 9. The zero-order valence-electron chi connectivity index (χ0n) is 21.5. The van der Waals surface area contributed by atoms with E-state index in [1.807, 2.05) is 26.2 Å². The number of primary amides is 1. The highest BCUT2D eigenvalue weighted by molar-refractivity contribution is 7.16. The van der Waals surface area contributed by atoms with Crippen LogP contribution in [0.25, 0.3) is 11.4 Å². The third kappa shape index (κ3) is 5.67. The molecule has 3 N–H and O–H groups in total. The number of nitrogens with one attached hydrogen (secondary N) is 1. The molecule has 0 saturated carbocycles. The smallest absolute Gasteiger partial charge is 0.280 e. The van der Waals surface area contributed by atoms with Crippen molar-refractivity contribution in [1.29, 1.82) is 0 Å². The number of amides is 1. The van der Waals surface area contributed by atoms with Gasteiger partial charge in [-0.15, -0.1) is 11.3 Å². The number of pyridine rings is 1. The van der Waals surface area contributed by atoms with Gasteiger partial charge in [-0.3, -0.25) is 19.0 Å². The van der Waals surface area contributed by atoms with Gasteiger partial charge in [0.2, 0.25) is 5.91 Å². The minimum absolute atomic E-state index is 0.111. The maximum Gasteiger partial charge on any atom is 0.280 e. The summed E-state index contributed by atoms with van der Waals surface area (Å²) in [4.78, 5) is 45.3. The Morgan fingerprint density at radius 1 is 1.12 bits per heavy atom. The third-order valence-electron chi connectivity index (χ3n) is 6.06. The van der Waals surface area contributed by atoms with Crippen LogP contribution in [0.4, 0.5) is 11.5 Å². The number of aromatic nitrogens is 4. The van der Waals surface area contributed by atoms with Gasteiger partial charge in [-0.2, -0.15) is 9.78 Å². The molecule has 0 unspecified atom stereocenters. The Morgan fingerprint density at radius 2 is 1.93 bits per heavy atom. The normalized spacial score (nSPS) is 11.0. The molecule has 4 heterocycles. The van der Waals surface area contributed by atoms with Gasteiger partial charge < -0.3 is 20.4 Å². The van der Waals surface area contributed by atoms with Crippen molar-refractivity contribution in [2.45, 2.75) is 13.1 Å². The molecule has 0 aliphatic heterocycles. The molecule has 5 rings (SSSR count). The molecule has 11 nitrogen and oxygen atoms in total. The second-order valence-corrected chi connectivity index (χ2v) is 10.8. The number of carbonyl (C=O) groups is 2. The summed E-state index contributed by atoms with van der Waals surface area (Å²) in [5, 5.41) is 7.87. The lowest BCUT2D eigenvalue weighted by atomic mass is 10.1. The minimum Gasteiger partial charge on any atom is -0.447 e. The first-order chi connectivity index (χ1) is 19.2. The molecule has 40 heavy (non-hydrogen) atoms. The molecular formula is C27H24ClN7O4S. The standard InChI is InChI=1S/C27H24ClN7O4S/c1-33(2)18-9-22(34(25(36)10-18)14-19-12-30-15-39-19)21-11-24(31-13-20-6-7-23(28)40-20)35(32-21)27(38)17-5-3-4-16(8-17)26(29)37/h3-12,15,31H,13-14H2,1-2H3,(H2,29,37). The van der Waals surface area contributed by atoms with Crippen molar-refractivity contribution in [3.05, 3.63) is 104 Å². The molecule has 1 aromatic carbocycles. The molecule has 0 radical (unpaired) electrons. The summed E-state index contributed by atoms with van der Waals surface area (Å²) in [5.74, 6) is -0.287. The van der Waals surface area contributed by atoms with Gasteiger partial charge in [-0.05, 0) is 36.4 Å². The predicted molar refractivity (Wildman–Crippen MR) is 153 cm³/mol. The first-order valence-corrected chi connectivity index (χ1v) is 13.2. The zero-order chi connectivity index (χ0) is 28.4. The van der Waals surface area contributed by atoms with Gasteiger partial charge in [-0.1, -0.05) is 17.7 Å². The summed E-state index contributed by atoms with van der Waals surface area (Å²) < 4.78 is 8.73. The van der Waals surface area contributed by atoms with Crippen LogP contribution in [0.15, 0.2) is 76.4 Å². The van der Waals surface area contributed by atoms with E-state index >= 15 is 0 Å². The highest BCUT2D eigenvalue weighted by atomic mass is 35.5. The largest absolute Gasteiger partial charge is 0.447 e. The summed E-state index contributed by atoms with van der Waals surface area (Å²) in [5.41, 5.74) is 7.05. The number of rotatable bonds is 9. The van der Waals surface area contributed by atoms with Crippen molar-refractivity contribution in [3.63, 3.8) is 0 Å². The van der Waals surface area contributed by atoms with Crippen molar-refractivity contribution >= 4 is 46.3 Å². The van der Waals surface area contributed by atoms with Gasteiger partial charge >= 0.3 is 0 Å². The molecule has 0 atom stereocenters. The van der Waals surface area contributed by atoms with Gasteiger partial charge in [-0.25, -0.2) is 4.98 Å². The first kappa shape index (κ1) is 26.9. The summed E-state index contributed by atoms with van der Waals surface area (Å²) in [7, 11) is 3.65. The van der Waals surface area contributed by atoms with E-state index < -0.39 is 11.8 Å². The van der Waals surface area contributed by atoms with Gasteiger partial charge in [0.1, 0.15) is 17.3 Å². The average Bonchev–Trinajstić information content (AvgIpc) is 3.69. The molecule has 0 aliphatic rings. The number of carbonyl (C=O) groups excluding carboxylic acids is 2. The topological polar surface area (TPSA) is 141 Å². The number of oxazole rings is 1. The molecular weight excluding hydrogens is 554 g/mol. The van der Waals surface area contributed by atoms with Crippen LogP contribution in [-0.2, 0) is 13.1 Å². The summed E-state index contributed by atoms with van der Waals surface area (Å²) in [6, 6.07) is 14.8. The second-order valence-electron chi connectivity index (χ2n) is 9.02. The van der Waals surface area contributed by atoms with Crippen molar-refractivity contribution in [1.82, 2.24) is 19.3 Å². The number of anilines is 2. The molecule has 1 amide bonds. The SMILES string of the molecule is CN(C)c1cc(-c2cc(NCc3ccc(Cl)s3)n(C(=O)c3cccc(C(N)=O)c3)n2)n(Cc2cnco2)c(=O)c1. The number of nitrogens with zero attached hydrogens (tertiary/aromatic N) is 5. The van der Waals surface area contributed by atoms with Crippen LogP contribution >= 0.6 is 22.9 Å². The Kier molecular flexibility index (Phi) is 7.54. The van der Waals surface area contributed by atoms with Gasteiger partial charge in [0.25, 0.3) is 11.5 Å². The van der Waals surface area contributed by atoms with E-state index in [0.29, 0.717) is 39.5 Å². The Bertz CT molecular complexity index is 1750. The van der Waals surface area contributed by atoms with E-state index in [1.54, 1.807) is 29.2 Å². The van der Waals surface area contributed by atoms with Crippen molar-refractivity contribution in [2.24, 2.45) is 5.73 Å². The fourth-order valence-electron chi connectivity index (χ4n) is 4.03. The zero-order valence-corrected chi connectivity index (χ0v) is 23.1. The van der Waals surface area contributed by atoms with E-state index in [1.165, 1.54) is 51.4 Å². The number of nitrogens with two attached hydrogens (primary N) is 1. The van der Waals surface area contributed by atoms with Crippen LogP contribution in [0.3, 0.4) is 0 Å². The van der Waals surface area contributed by atoms with Crippen molar-refractivity contribution in [3.8, 4) is 11.4 Å². The highest BCUT2D eigenvalue weighted by Crippen LogP contribution is 2.28. The lowest BCUT2D eigenvalue weighted by Gasteiger charge is -2.16. The molecule has 0 fully saturated rings. The van der Waals surface area contributed by atoms with E-state index in [4.69, 9.17) is 21.8 Å². The quantitative estimate of drug-likeness (QED) is 0.268. The van der Waals surface area contributed by atoms with E-state index in [-0.39, 0.29) is 23.2 Å². The maximum absolute atomic E-state index is 13.7. The highest BCUT2D eigenvalue weighted by Gasteiger charge is 2.21. The fraction of sp³-hybridized carbons (Fsp3) is 0.148. The third-order valence-corrected chi connectivity index (χ3v) is 7.29. The molecule has 13 heteroatoms. The van der Waals surface area contributed by atoms with Gasteiger partial charge in [0.05, 0.1) is 29.3 Å². The lowest BCUT2D eigenvalue weighted by Crippen LogP contribution is -2.24. The van der Waals surface area contributed by atoms with Crippen LogP contribution in [-0.4, -0.2) is 45.2 Å². The lowest BCUT2D eigenvalue weighted by molar-refractivity contribution is 0.0948. The van der Waals surface area contributed by atoms with Crippen LogP contribution < -0.4 is 21.5 Å². The molecule has 0 aliphatic carbocycles. The maximum atomic E-state index is 13.7. The number of thiophene rings is 1. The molecule has 0 saturated heterocycles. The Labute approximate surface area is 237 Å². The van der Waals surface area contributed by atoms with Crippen LogP contribution in [0.2, 0.25) is 4.34 Å². The van der Waals surface area contributed by atoms with E-state index in [2.05, 4.69) is 15.4 Å². The molecule has 0 bridgehead atoms. The van der Waals surface area contributed by atoms with Gasteiger partial charge in [0, 0.05) is 47.9 Å². The summed E-state index contributed by atoms with van der Waals surface area (Å²) in [6.45, 7) is 0.486. The number of hydrogen-bond donors (Lipinski definition) is 2. The number of benzene rings is 1. The molecule has 5 aromatic rings. The summed E-state index contributed by atoms with van der Waals surface area (Å²) in [6.07, 6.45) is 2.82. The Hall–Kier alpha value is -4.68. The molecule has 204 valence electrons. The van der Waals surface area contributed by atoms with E-state index in [0.717, 1.165) is 4.88 Å². The predicted octanol–water partition coefficient (Wildman–Crippen LogP) is 3.93. The van der Waals surface area contributed by atoms with Crippen LogP contribution in [0.5, 0.6) is 0 Å². The van der Waals surface area contributed by atoms with Crippen LogP contribution in [0, 0.1) is 0 Å². The van der Waals surface area contributed by atoms with Crippen molar-refractivity contribution in [2.75, 3.05) is 24.3 Å². The first-order valence-electron chi connectivity index (χ1n) is 12.0. The minimum atomic E-state index is -0.652. The monoisotopic (exact) mass is 577 g/mol. The fourth-order valence-corrected chi connectivity index (χ4v) is 5.06. The summed E-state index contributed by atoms with van der Waals surface area (Å²) >= 11 is 7.50.